The highest BCUT2D eigenvalue weighted by molar-refractivity contribution is 6.35. The number of pyridine rings is 1. The Hall–Kier alpha value is -4.72. The summed E-state index contributed by atoms with van der Waals surface area (Å²) in [5, 5.41) is 12.0. The van der Waals surface area contributed by atoms with Gasteiger partial charge in [-0.3, -0.25) is 9.80 Å². The molecule has 7 rings (SSSR count). The van der Waals surface area contributed by atoms with Crippen molar-refractivity contribution in [3.05, 3.63) is 122 Å². The number of methoxy groups -OCH3 is 2. The Morgan fingerprint density at radius 3 is 2.30 bits per heavy atom. The highest BCUT2D eigenvalue weighted by Crippen LogP contribution is 2.37. The lowest BCUT2D eigenvalue weighted by molar-refractivity contribution is -0.605. The van der Waals surface area contributed by atoms with Crippen LogP contribution < -0.4 is 19.1 Å². The van der Waals surface area contributed by atoms with Crippen LogP contribution in [0.15, 0.2) is 79.1 Å². The van der Waals surface area contributed by atoms with Gasteiger partial charge in [0.05, 0.1) is 31.9 Å². The number of halogens is 5. The van der Waals surface area contributed by atoms with Gasteiger partial charge in [-0.05, 0) is 85.4 Å². The van der Waals surface area contributed by atoms with Gasteiger partial charge < -0.3 is 24.2 Å². The number of anilines is 1. The molecule has 0 aliphatic carbocycles. The highest BCUT2D eigenvalue weighted by Gasteiger charge is 2.38. The fourth-order valence-electron chi connectivity index (χ4n) is 6.72. The molecule has 15 heteroatoms. The molecular formula is C38H36Cl2F3N3O7. The molecule has 4 aromatic rings. The third-order valence-corrected chi connectivity index (χ3v) is 10.2. The van der Waals surface area contributed by atoms with Gasteiger partial charge in [-0.15, -0.1) is 0 Å². The summed E-state index contributed by atoms with van der Waals surface area (Å²) in [4.78, 5) is 30.9. The first-order valence-electron chi connectivity index (χ1n) is 16.8. The number of fused-ring (bicyclic) bond motifs is 3. The summed E-state index contributed by atoms with van der Waals surface area (Å²) in [6.45, 7) is 2.19. The molecule has 0 unspecified atom stereocenters. The Labute approximate surface area is 314 Å². The molecule has 0 saturated carbocycles. The molecule has 3 aliphatic rings. The summed E-state index contributed by atoms with van der Waals surface area (Å²) in [6.07, 6.45) is -2.81. The number of hydrogen-bond donors (Lipinski definition) is 0. The highest BCUT2D eigenvalue weighted by atomic mass is 35.5. The van der Waals surface area contributed by atoms with Crippen molar-refractivity contribution >= 4 is 41.0 Å². The van der Waals surface area contributed by atoms with E-state index < -0.39 is 36.0 Å². The van der Waals surface area contributed by atoms with Crippen molar-refractivity contribution in [2.75, 3.05) is 38.8 Å². The van der Waals surface area contributed by atoms with Gasteiger partial charge in [0.25, 0.3) is 0 Å². The lowest BCUT2D eigenvalue weighted by Gasteiger charge is -2.44. The summed E-state index contributed by atoms with van der Waals surface area (Å²) in [5.41, 5.74) is 0.468. The topological polar surface area (TPSA) is 104 Å². The fourth-order valence-corrected chi connectivity index (χ4v) is 7.32. The molecule has 2 atom stereocenters. The number of rotatable bonds is 11. The van der Waals surface area contributed by atoms with Gasteiger partial charge in [0.2, 0.25) is 0 Å². The molecule has 1 aromatic heterocycles. The van der Waals surface area contributed by atoms with Crippen molar-refractivity contribution in [3.63, 3.8) is 0 Å². The van der Waals surface area contributed by atoms with Crippen LogP contribution in [-0.4, -0.2) is 56.9 Å². The second kappa shape index (κ2) is 16.1. The number of hydrogen-bond acceptors (Lipinski definition) is 8. The number of carbonyl (C=O) groups is 2. The number of ether oxygens (including phenoxy) is 4. The zero-order chi connectivity index (χ0) is 37.9. The van der Waals surface area contributed by atoms with Crippen molar-refractivity contribution < 1.29 is 46.4 Å². The van der Waals surface area contributed by atoms with E-state index in [0.29, 0.717) is 39.5 Å². The SMILES string of the molecule is COc1ccc([C@H](Cc2c(Cl)c[n+]([O-])cc2Cl)OC(=O)c2cccc(CN(C(=O)O[C@H]3CN4CCC3CC4)c3cccc(C(F)(F)F)c3)c2)cc1OC. The van der Waals surface area contributed by atoms with Crippen molar-refractivity contribution in [3.8, 4) is 11.5 Å². The van der Waals surface area contributed by atoms with E-state index in [1.165, 1.54) is 38.5 Å². The lowest BCUT2D eigenvalue weighted by atomic mass is 9.86. The predicted octanol–water partition coefficient (Wildman–Crippen LogP) is 8.04. The van der Waals surface area contributed by atoms with Gasteiger partial charge in [-0.25, -0.2) is 9.59 Å². The van der Waals surface area contributed by atoms with E-state index in [9.17, 15) is 28.0 Å². The molecule has 3 aromatic carbocycles. The number of esters is 1. The lowest BCUT2D eigenvalue weighted by Crippen LogP contribution is -2.53. The molecular weight excluding hydrogens is 738 g/mol. The molecule has 1 amide bonds. The zero-order valence-corrected chi connectivity index (χ0v) is 30.3. The standard InChI is InChI=1S/C38H36Cl2F3N3O7/c1-50-32-10-9-25(16-34(32)51-2)33(18-29-30(39)20-45(49)21-31(29)40)52-36(47)26-6-3-5-23(15-26)19-46(28-8-4-7-27(17-28)38(41,42)43)37(48)53-35-22-44-13-11-24(35)12-14-44/h3-10,15-17,20-21,24,33,35H,11-14,18-19,22H2,1-2H3/t33-,35-/m0/s1. The van der Waals surface area contributed by atoms with Gasteiger partial charge in [0.1, 0.15) is 22.3 Å². The predicted molar refractivity (Wildman–Crippen MR) is 190 cm³/mol. The average molecular weight is 775 g/mol. The van der Waals surface area contributed by atoms with Gasteiger partial charge in [-0.1, -0.05) is 47.5 Å². The Morgan fingerprint density at radius 2 is 1.66 bits per heavy atom. The Morgan fingerprint density at radius 1 is 0.962 bits per heavy atom. The molecule has 0 radical (unpaired) electrons. The van der Waals surface area contributed by atoms with Crippen molar-refractivity contribution in [2.45, 2.75) is 44.2 Å². The molecule has 3 aliphatic heterocycles. The summed E-state index contributed by atoms with van der Waals surface area (Å²) in [5.74, 6) is 0.227. The zero-order valence-electron chi connectivity index (χ0n) is 28.8. The maximum Gasteiger partial charge on any atom is 0.416 e. The van der Waals surface area contributed by atoms with Gasteiger partial charge in [0.15, 0.2) is 23.9 Å². The third kappa shape index (κ3) is 8.91. The Balaban J connectivity index is 1.29. The normalized spacial score (nSPS) is 18.6. The van der Waals surface area contributed by atoms with Gasteiger partial charge in [0, 0.05) is 24.2 Å². The molecule has 0 spiro atoms. The number of piperidine rings is 3. The largest absolute Gasteiger partial charge is 0.619 e. The van der Waals surface area contributed by atoms with Crippen LogP contribution in [0.3, 0.4) is 0 Å². The Bertz CT molecular complexity index is 1950. The maximum atomic E-state index is 13.8. The smallest absolute Gasteiger partial charge is 0.416 e. The van der Waals surface area contributed by atoms with E-state index >= 15 is 0 Å². The first-order chi connectivity index (χ1) is 25.3. The van der Waals surface area contributed by atoms with Crippen LogP contribution in [0.4, 0.5) is 23.7 Å². The molecule has 280 valence electrons. The van der Waals surface area contributed by atoms with Crippen molar-refractivity contribution in [2.24, 2.45) is 5.92 Å². The average Bonchev–Trinajstić information content (AvgIpc) is 3.14. The van der Waals surface area contributed by atoms with Gasteiger partial charge >= 0.3 is 18.2 Å². The first kappa shape index (κ1) is 38.0. The van der Waals surface area contributed by atoms with E-state index in [1.807, 2.05) is 0 Å². The second-order valence-electron chi connectivity index (χ2n) is 12.9. The summed E-state index contributed by atoms with van der Waals surface area (Å²) in [6, 6.07) is 15.7. The number of benzene rings is 3. The molecule has 3 saturated heterocycles. The molecule has 10 nitrogen and oxygen atoms in total. The van der Waals surface area contributed by atoms with E-state index in [1.54, 1.807) is 30.3 Å². The Kier molecular flexibility index (Phi) is 11.6. The van der Waals surface area contributed by atoms with Crippen LogP contribution in [0.5, 0.6) is 11.5 Å². The summed E-state index contributed by atoms with van der Waals surface area (Å²) >= 11 is 12.8. The molecule has 4 heterocycles. The van der Waals surface area contributed by atoms with Crippen LogP contribution in [-0.2, 0) is 28.6 Å². The number of alkyl halides is 3. The van der Waals surface area contributed by atoms with Crippen LogP contribution in [0.2, 0.25) is 10.0 Å². The second-order valence-corrected chi connectivity index (χ2v) is 13.7. The van der Waals surface area contributed by atoms with Crippen LogP contribution in [0, 0.1) is 11.1 Å². The third-order valence-electron chi connectivity index (χ3n) is 9.53. The summed E-state index contributed by atoms with van der Waals surface area (Å²) in [7, 11) is 2.94. The van der Waals surface area contributed by atoms with E-state index in [-0.39, 0.29) is 40.2 Å². The quantitative estimate of drug-likeness (QED) is 0.0858. The minimum Gasteiger partial charge on any atom is -0.619 e. The van der Waals surface area contributed by atoms with Crippen molar-refractivity contribution in [1.82, 2.24) is 4.90 Å². The summed E-state index contributed by atoms with van der Waals surface area (Å²) < 4.78 is 64.5. The van der Waals surface area contributed by atoms with E-state index in [2.05, 4.69) is 4.90 Å². The number of aromatic nitrogens is 1. The van der Waals surface area contributed by atoms with E-state index in [4.69, 9.17) is 42.1 Å². The van der Waals surface area contributed by atoms with Crippen LogP contribution in [0.1, 0.15) is 51.6 Å². The first-order valence-corrected chi connectivity index (χ1v) is 17.5. The monoisotopic (exact) mass is 773 g/mol. The molecule has 3 fully saturated rings. The maximum absolute atomic E-state index is 13.8. The van der Waals surface area contributed by atoms with Crippen molar-refractivity contribution in [1.29, 1.82) is 0 Å². The number of carbonyl (C=O) groups excluding carboxylic acids is 2. The molecule has 53 heavy (non-hydrogen) atoms. The molecule has 0 N–H and O–H groups in total. The van der Waals surface area contributed by atoms with E-state index in [0.717, 1.165) is 55.4 Å². The minimum atomic E-state index is -4.64. The van der Waals surface area contributed by atoms with Crippen LogP contribution >= 0.6 is 23.2 Å². The van der Waals surface area contributed by atoms with Crippen LogP contribution in [0.25, 0.3) is 0 Å². The number of nitrogens with zero attached hydrogens (tertiary/aromatic N) is 3. The van der Waals surface area contributed by atoms with Gasteiger partial charge in [-0.2, -0.15) is 17.9 Å². The molecule has 2 bridgehead atoms. The number of amides is 1. The fraction of sp³-hybridized carbons (Fsp3) is 0.342. The minimum absolute atomic E-state index is 0.0105.